The number of aliphatic hydroxyl groups is 2. The highest BCUT2D eigenvalue weighted by atomic mass is 16.5. The zero-order valence-electron chi connectivity index (χ0n) is 22.7. The predicted octanol–water partition coefficient (Wildman–Crippen LogP) is 3.28. The van der Waals surface area contributed by atoms with Crippen LogP contribution in [0.15, 0.2) is 21.7 Å². The van der Waals surface area contributed by atoms with Crippen LogP contribution in [0.4, 0.5) is 0 Å². The van der Waals surface area contributed by atoms with Crippen LogP contribution in [-0.4, -0.2) is 61.1 Å². The average molecular weight is 549 g/mol. The lowest BCUT2D eigenvalue weighted by Crippen LogP contribution is -2.32. The highest BCUT2D eigenvalue weighted by Crippen LogP contribution is 2.63. The molecule has 0 aromatic heterocycles. The summed E-state index contributed by atoms with van der Waals surface area (Å²) in [5, 5.41) is 47.5. The van der Waals surface area contributed by atoms with Gasteiger partial charge in [0.1, 0.15) is 11.5 Å². The van der Waals surface area contributed by atoms with Gasteiger partial charge in [-0.2, -0.15) is 0 Å². The SMILES string of the molecule is COc1c(O)c2c(=O)cc(OC)c3c4c(OC)cc(=O)c5c(O)c(OC)c6c(c(c1[C@@H]([C@H](C)O)[C@@H]6[C@H](C)O)c23)c54. The van der Waals surface area contributed by atoms with Crippen molar-refractivity contribution in [3.05, 3.63) is 43.7 Å². The van der Waals surface area contributed by atoms with Gasteiger partial charge in [0.2, 0.25) is 0 Å². The molecule has 0 bridgehead atoms. The first-order valence-electron chi connectivity index (χ1n) is 12.7. The van der Waals surface area contributed by atoms with Crippen molar-refractivity contribution in [2.24, 2.45) is 0 Å². The first-order valence-corrected chi connectivity index (χ1v) is 12.7. The Morgan fingerprint density at radius 1 is 0.575 bits per heavy atom. The van der Waals surface area contributed by atoms with Crippen molar-refractivity contribution in [1.82, 2.24) is 0 Å². The van der Waals surface area contributed by atoms with E-state index >= 15 is 0 Å². The van der Waals surface area contributed by atoms with E-state index in [0.717, 1.165) is 0 Å². The molecular weight excluding hydrogens is 520 g/mol. The van der Waals surface area contributed by atoms with Crippen molar-refractivity contribution in [3.63, 3.8) is 0 Å². The molecule has 4 atom stereocenters. The molecule has 0 saturated heterocycles. The quantitative estimate of drug-likeness (QED) is 0.184. The van der Waals surface area contributed by atoms with Gasteiger partial charge in [-0.15, -0.1) is 0 Å². The second-order valence-corrected chi connectivity index (χ2v) is 10.3. The molecule has 0 saturated carbocycles. The number of phenols is 2. The summed E-state index contributed by atoms with van der Waals surface area (Å²) >= 11 is 0. The minimum Gasteiger partial charge on any atom is -0.504 e. The minimum atomic E-state index is -1.10. The van der Waals surface area contributed by atoms with E-state index in [1.54, 1.807) is 13.8 Å². The fourth-order valence-electron chi connectivity index (χ4n) is 7.05. The van der Waals surface area contributed by atoms with E-state index in [-0.39, 0.29) is 33.8 Å². The maximum atomic E-state index is 13.5. The van der Waals surface area contributed by atoms with Gasteiger partial charge in [0.15, 0.2) is 33.9 Å². The Morgan fingerprint density at radius 3 is 1.20 bits per heavy atom. The number of aromatic hydroxyl groups is 2. The van der Waals surface area contributed by atoms with Crippen LogP contribution >= 0.6 is 0 Å². The molecule has 0 amide bonds. The molecule has 0 unspecified atom stereocenters. The summed E-state index contributed by atoms with van der Waals surface area (Å²) in [7, 11) is 5.47. The molecule has 0 spiro atoms. The van der Waals surface area contributed by atoms with Crippen molar-refractivity contribution in [2.75, 3.05) is 28.4 Å². The Morgan fingerprint density at radius 2 is 0.925 bits per heavy atom. The third-order valence-electron chi connectivity index (χ3n) is 8.38. The molecule has 0 radical (unpaired) electrons. The highest BCUT2D eigenvalue weighted by molar-refractivity contribution is 6.39. The van der Waals surface area contributed by atoms with E-state index in [4.69, 9.17) is 18.9 Å². The summed E-state index contributed by atoms with van der Waals surface area (Å²) in [6.07, 6.45) is -2.19. The van der Waals surface area contributed by atoms with Crippen molar-refractivity contribution < 1.29 is 39.4 Å². The predicted molar refractivity (Wildman–Crippen MR) is 150 cm³/mol. The van der Waals surface area contributed by atoms with Crippen molar-refractivity contribution in [2.45, 2.75) is 37.9 Å². The van der Waals surface area contributed by atoms with Gasteiger partial charge in [-0.25, -0.2) is 0 Å². The Balaban J connectivity index is 2.18. The van der Waals surface area contributed by atoms with Gasteiger partial charge in [0.25, 0.3) is 0 Å². The largest absolute Gasteiger partial charge is 0.504 e. The number of benzene rings is 5. The average Bonchev–Trinajstić information content (AvgIpc) is 2.91. The molecular formula is C30H28O10. The van der Waals surface area contributed by atoms with E-state index in [1.165, 1.54) is 40.6 Å². The summed E-state index contributed by atoms with van der Waals surface area (Å²) in [4.78, 5) is 27.0. The smallest absolute Gasteiger partial charge is 0.194 e. The lowest BCUT2D eigenvalue weighted by Gasteiger charge is -2.40. The van der Waals surface area contributed by atoms with E-state index in [2.05, 4.69) is 0 Å². The first kappa shape index (κ1) is 26.0. The molecule has 208 valence electrons. The highest BCUT2D eigenvalue weighted by Gasteiger charge is 2.45. The normalized spacial score (nSPS) is 18.2. The third kappa shape index (κ3) is 2.89. The maximum Gasteiger partial charge on any atom is 0.194 e. The van der Waals surface area contributed by atoms with Gasteiger partial charge in [-0.3, -0.25) is 9.59 Å². The van der Waals surface area contributed by atoms with Crippen molar-refractivity contribution in [1.29, 1.82) is 0 Å². The van der Waals surface area contributed by atoms with Crippen LogP contribution in [-0.2, 0) is 0 Å². The van der Waals surface area contributed by atoms with Crippen molar-refractivity contribution in [3.8, 4) is 34.5 Å². The molecule has 5 aromatic rings. The number of methoxy groups -OCH3 is 4. The second kappa shape index (κ2) is 8.61. The Hall–Kier alpha value is -4.28. The molecule has 1 aliphatic carbocycles. The number of hydrogen-bond donors (Lipinski definition) is 4. The summed E-state index contributed by atoms with van der Waals surface area (Å²) < 4.78 is 22.7. The molecule has 0 fully saturated rings. The molecule has 1 aliphatic rings. The molecule has 10 nitrogen and oxygen atoms in total. The van der Waals surface area contributed by atoms with E-state index < -0.39 is 46.4 Å². The van der Waals surface area contributed by atoms with Gasteiger partial charge in [0, 0.05) is 56.6 Å². The molecule has 0 aliphatic heterocycles. The monoisotopic (exact) mass is 548 g/mol. The third-order valence-corrected chi connectivity index (χ3v) is 8.38. The lowest BCUT2D eigenvalue weighted by atomic mass is 9.66. The summed E-state index contributed by atoms with van der Waals surface area (Å²) in [5.41, 5.74) is -0.367. The number of aliphatic hydroxyl groups excluding tert-OH is 2. The zero-order valence-corrected chi connectivity index (χ0v) is 22.7. The number of hydrogen-bond acceptors (Lipinski definition) is 10. The molecule has 0 heterocycles. The van der Waals surface area contributed by atoms with Gasteiger partial charge >= 0.3 is 0 Å². The first-order chi connectivity index (χ1) is 19.0. The van der Waals surface area contributed by atoms with E-state index in [9.17, 15) is 30.0 Å². The second-order valence-electron chi connectivity index (χ2n) is 10.3. The topological polar surface area (TPSA) is 152 Å². The number of ether oxygens (including phenoxy) is 4. The minimum absolute atomic E-state index is 0.0354. The summed E-state index contributed by atoms with van der Waals surface area (Å²) in [6.45, 7) is 3.09. The fraction of sp³-hybridized carbons (Fsp3) is 0.333. The van der Waals surface area contributed by atoms with Crippen LogP contribution < -0.4 is 29.8 Å². The van der Waals surface area contributed by atoms with Gasteiger partial charge in [0.05, 0.1) is 51.4 Å². The zero-order chi connectivity index (χ0) is 28.9. The molecule has 5 aromatic carbocycles. The van der Waals surface area contributed by atoms with E-state index in [0.29, 0.717) is 43.4 Å². The standard InChI is InChI=1S/C30H28O10/c1-9(31)15-16(10(2)32)26-24-22-18(28(36)30(26)40-6)12(34)8-14(38-4)20(22)19-13(37-3)7-11(33)17-21(19)23(24)25(15)29(39-5)27(17)35/h7-10,15-16,31-32,35-36H,1-6H3/t9-,10-,15-,16-/m0/s1. The Kier molecular flexibility index (Phi) is 5.59. The number of rotatable bonds is 6. The molecule has 40 heavy (non-hydrogen) atoms. The van der Waals surface area contributed by atoms with Crippen LogP contribution in [0.1, 0.15) is 36.8 Å². The number of fused-ring (bicyclic) bond motifs is 1. The van der Waals surface area contributed by atoms with Crippen LogP contribution in [0.3, 0.4) is 0 Å². The van der Waals surface area contributed by atoms with Crippen LogP contribution in [0, 0.1) is 0 Å². The Bertz CT molecular complexity index is 1840. The van der Waals surface area contributed by atoms with Crippen molar-refractivity contribution >= 4 is 43.1 Å². The number of phenolic OH excluding ortho intramolecular Hbond substituents is 2. The molecule has 6 rings (SSSR count). The molecule has 10 heteroatoms. The summed E-state index contributed by atoms with van der Waals surface area (Å²) in [5.74, 6) is -2.36. The van der Waals surface area contributed by atoms with Crippen LogP contribution in [0.25, 0.3) is 43.1 Å². The maximum absolute atomic E-state index is 13.5. The van der Waals surface area contributed by atoms with E-state index in [1.807, 2.05) is 0 Å². The van der Waals surface area contributed by atoms with Gasteiger partial charge < -0.3 is 39.4 Å². The fourth-order valence-corrected chi connectivity index (χ4v) is 7.05. The van der Waals surface area contributed by atoms with Gasteiger partial charge in [-0.1, -0.05) is 0 Å². The lowest BCUT2D eigenvalue weighted by molar-refractivity contribution is 0.0885. The van der Waals surface area contributed by atoms with Crippen LogP contribution in [0.5, 0.6) is 34.5 Å². The van der Waals surface area contributed by atoms with Crippen LogP contribution in [0.2, 0.25) is 0 Å². The molecule has 4 N–H and O–H groups in total. The van der Waals surface area contributed by atoms with Gasteiger partial charge in [-0.05, 0) is 24.6 Å². The Labute approximate surface area is 227 Å². The summed E-state index contributed by atoms with van der Waals surface area (Å²) in [6, 6.07) is 2.48.